The topological polar surface area (TPSA) is 35.8 Å². The third-order valence-electron chi connectivity index (χ3n) is 3.74. The van der Waals surface area contributed by atoms with Crippen LogP contribution in [0.15, 0.2) is 18.2 Å². The van der Waals surface area contributed by atoms with E-state index in [0.717, 1.165) is 12.1 Å². The molecule has 0 bridgehead atoms. The van der Waals surface area contributed by atoms with Crippen molar-refractivity contribution in [1.29, 1.82) is 5.26 Å². The standard InChI is InChI=1S/C15H19FN2/c1-11-5-3-2-4-6-15(11)18-14-8-12(10-17)7-13(16)9-14/h7-9,11,15,18H,2-6H2,1H3. The summed E-state index contributed by atoms with van der Waals surface area (Å²) in [5, 5.41) is 12.2. The van der Waals surface area contributed by atoms with Crippen molar-refractivity contribution in [3.63, 3.8) is 0 Å². The molecule has 1 N–H and O–H groups in total. The average Bonchev–Trinajstić information content (AvgIpc) is 2.54. The van der Waals surface area contributed by atoms with Gasteiger partial charge in [0, 0.05) is 11.7 Å². The SMILES string of the molecule is CC1CCCCCC1Nc1cc(F)cc(C#N)c1. The Balaban J connectivity index is 2.12. The van der Waals surface area contributed by atoms with Gasteiger partial charge in [0.2, 0.25) is 0 Å². The Morgan fingerprint density at radius 2 is 2.00 bits per heavy atom. The van der Waals surface area contributed by atoms with E-state index >= 15 is 0 Å². The number of hydrogen-bond acceptors (Lipinski definition) is 2. The summed E-state index contributed by atoms with van der Waals surface area (Å²) in [7, 11) is 0. The van der Waals surface area contributed by atoms with Gasteiger partial charge in [-0.25, -0.2) is 4.39 Å². The van der Waals surface area contributed by atoms with Crippen LogP contribution >= 0.6 is 0 Å². The third-order valence-corrected chi connectivity index (χ3v) is 3.74. The van der Waals surface area contributed by atoms with E-state index in [0.29, 0.717) is 17.5 Å². The van der Waals surface area contributed by atoms with E-state index in [-0.39, 0.29) is 5.82 Å². The molecule has 2 nitrogen and oxygen atoms in total. The summed E-state index contributed by atoms with van der Waals surface area (Å²) < 4.78 is 13.4. The lowest BCUT2D eigenvalue weighted by Crippen LogP contribution is -2.26. The molecule has 1 aromatic rings. The molecule has 96 valence electrons. The molecule has 0 aliphatic heterocycles. The summed E-state index contributed by atoms with van der Waals surface area (Å²) in [6, 6.07) is 6.84. The zero-order chi connectivity index (χ0) is 13.0. The summed E-state index contributed by atoms with van der Waals surface area (Å²) >= 11 is 0. The normalized spacial score (nSPS) is 24.1. The van der Waals surface area contributed by atoms with Gasteiger partial charge >= 0.3 is 0 Å². The molecule has 2 atom stereocenters. The Kier molecular flexibility index (Phi) is 4.19. The van der Waals surface area contributed by atoms with Crippen LogP contribution in [0.1, 0.15) is 44.6 Å². The molecule has 1 fully saturated rings. The first-order valence-electron chi connectivity index (χ1n) is 6.66. The number of benzene rings is 1. The fourth-order valence-electron chi connectivity index (χ4n) is 2.66. The molecule has 1 aliphatic rings. The summed E-state index contributed by atoms with van der Waals surface area (Å²) in [4.78, 5) is 0. The highest BCUT2D eigenvalue weighted by Crippen LogP contribution is 2.26. The van der Waals surface area contributed by atoms with Crippen molar-refractivity contribution in [2.75, 3.05) is 5.32 Å². The Morgan fingerprint density at radius 1 is 1.22 bits per heavy atom. The lowest BCUT2D eigenvalue weighted by Gasteiger charge is -2.24. The van der Waals surface area contributed by atoms with Crippen LogP contribution in [0.25, 0.3) is 0 Å². The molecule has 0 radical (unpaired) electrons. The number of nitrogens with zero attached hydrogens (tertiary/aromatic N) is 1. The Morgan fingerprint density at radius 3 is 2.78 bits per heavy atom. The van der Waals surface area contributed by atoms with Crippen LogP contribution in [0.2, 0.25) is 0 Å². The largest absolute Gasteiger partial charge is 0.382 e. The lowest BCUT2D eigenvalue weighted by atomic mass is 9.96. The zero-order valence-corrected chi connectivity index (χ0v) is 10.7. The predicted molar refractivity (Wildman–Crippen MR) is 70.8 cm³/mol. The molecule has 2 unspecified atom stereocenters. The van der Waals surface area contributed by atoms with Gasteiger partial charge in [-0.15, -0.1) is 0 Å². The number of hydrogen-bond donors (Lipinski definition) is 1. The summed E-state index contributed by atoms with van der Waals surface area (Å²) in [5.41, 5.74) is 1.10. The van der Waals surface area contributed by atoms with Gasteiger partial charge in [0.05, 0.1) is 11.6 Å². The highest BCUT2D eigenvalue weighted by molar-refractivity contribution is 5.50. The van der Waals surface area contributed by atoms with Crippen molar-refractivity contribution in [1.82, 2.24) is 0 Å². The summed E-state index contributed by atoms with van der Waals surface area (Å²) in [5.74, 6) is 0.249. The van der Waals surface area contributed by atoms with Crippen molar-refractivity contribution < 1.29 is 4.39 Å². The molecule has 3 heteroatoms. The fourth-order valence-corrected chi connectivity index (χ4v) is 2.66. The van der Waals surface area contributed by atoms with Gasteiger partial charge in [-0.2, -0.15) is 5.26 Å². The molecule has 0 aromatic heterocycles. The molecule has 1 saturated carbocycles. The predicted octanol–water partition coefficient (Wildman–Crippen LogP) is 4.08. The smallest absolute Gasteiger partial charge is 0.126 e. The van der Waals surface area contributed by atoms with Crippen molar-refractivity contribution in [2.45, 2.75) is 45.1 Å². The highest BCUT2D eigenvalue weighted by atomic mass is 19.1. The van der Waals surface area contributed by atoms with Crippen molar-refractivity contribution in [2.24, 2.45) is 5.92 Å². The van der Waals surface area contributed by atoms with Crippen LogP contribution < -0.4 is 5.32 Å². The first kappa shape index (κ1) is 12.9. The van der Waals surface area contributed by atoms with Gasteiger partial charge in [-0.05, 0) is 37.0 Å². The molecule has 1 aliphatic carbocycles. The van der Waals surface area contributed by atoms with Crippen LogP contribution in [0.5, 0.6) is 0 Å². The van der Waals surface area contributed by atoms with Crippen LogP contribution in [0.4, 0.5) is 10.1 Å². The average molecular weight is 246 g/mol. The second-order valence-corrected chi connectivity index (χ2v) is 5.21. The first-order chi connectivity index (χ1) is 8.69. The minimum absolute atomic E-state index is 0.349. The maximum Gasteiger partial charge on any atom is 0.126 e. The monoisotopic (exact) mass is 246 g/mol. The van der Waals surface area contributed by atoms with Crippen LogP contribution in [0, 0.1) is 23.1 Å². The van der Waals surface area contributed by atoms with Crippen molar-refractivity contribution in [3.8, 4) is 6.07 Å². The molecule has 0 spiro atoms. The van der Waals surface area contributed by atoms with Gasteiger partial charge in [-0.1, -0.05) is 26.2 Å². The van der Waals surface area contributed by atoms with Gasteiger partial charge in [0.1, 0.15) is 5.82 Å². The van der Waals surface area contributed by atoms with E-state index in [2.05, 4.69) is 12.2 Å². The maximum atomic E-state index is 13.4. The number of rotatable bonds is 2. The first-order valence-corrected chi connectivity index (χ1v) is 6.66. The van der Waals surface area contributed by atoms with E-state index in [1.165, 1.54) is 37.8 Å². The number of anilines is 1. The van der Waals surface area contributed by atoms with Crippen LogP contribution in [0.3, 0.4) is 0 Å². The van der Waals surface area contributed by atoms with E-state index in [9.17, 15) is 4.39 Å². The lowest BCUT2D eigenvalue weighted by molar-refractivity contribution is 0.456. The van der Waals surface area contributed by atoms with E-state index in [4.69, 9.17) is 5.26 Å². The van der Waals surface area contributed by atoms with Crippen molar-refractivity contribution in [3.05, 3.63) is 29.6 Å². The van der Waals surface area contributed by atoms with Gasteiger partial charge in [0.15, 0.2) is 0 Å². The van der Waals surface area contributed by atoms with Crippen LogP contribution in [-0.4, -0.2) is 6.04 Å². The van der Waals surface area contributed by atoms with E-state index in [1.807, 2.05) is 6.07 Å². The minimum Gasteiger partial charge on any atom is -0.382 e. The molecular formula is C15H19FN2. The fraction of sp³-hybridized carbons (Fsp3) is 0.533. The Bertz CT molecular complexity index is 450. The maximum absolute atomic E-state index is 13.4. The quantitative estimate of drug-likeness (QED) is 0.798. The molecule has 18 heavy (non-hydrogen) atoms. The second-order valence-electron chi connectivity index (χ2n) is 5.21. The minimum atomic E-state index is -0.349. The Hall–Kier alpha value is -1.56. The molecule has 1 aromatic carbocycles. The molecule has 0 amide bonds. The van der Waals surface area contributed by atoms with Crippen molar-refractivity contribution >= 4 is 5.69 Å². The van der Waals surface area contributed by atoms with Gasteiger partial charge in [-0.3, -0.25) is 0 Å². The van der Waals surface area contributed by atoms with Gasteiger partial charge in [0.25, 0.3) is 0 Å². The number of halogens is 1. The highest BCUT2D eigenvalue weighted by Gasteiger charge is 2.19. The van der Waals surface area contributed by atoms with Crippen LogP contribution in [-0.2, 0) is 0 Å². The molecule has 0 saturated heterocycles. The summed E-state index contributed by atoms with van der Waals surface area (Å²) in [6.07, 6.45) is 6.14. The third kappa shape index (κ3) is 3.22. The molecule has 0 heterocycles. The number of nitriles is 1. The van der Waals surface area contributed by atoms with E-state index in [1.54, 1.807) is 6.07 Å². The number of nitrogens with one attached hydrogen (secondary N) is 1. The van der Waals surface area contributed by atoms with E-state index < -0.39 is 0 Å². The molecule has 2 rings (SSSR count). The molecular weight excluding hydrogens is 227 g/mol. The zero-order valence-electron chi connectivity index (χ0n) is 10.7. The van der Waals surface area contributed by atoms with Gasteiger partial charge < -0.3 is 5.32 Å². The second kappa shape index (κ2) is 5.86. The Labute approximate surface area is 108 Å². The summed E-state index contributed by atoms with van der Waals surface area (Å²) in [6.45, 7) is 2.24.